The lowest BCUT2D eigenvalue weighted by Gasteiger charge is -2.12. The molecule has 8 nitrogen and oxygen atoms in total. The van der Waals surface area contributed by atoms with Gasteiger partial charge in [0.15, 0.2) is 5.82 Å². The summed E-state index contributed by atoms with van der Waals surface area (Å²) in [4.78, 5) is 13.0. The Morgan fingerprint density at radius 1 is 1.06 bits per heavy atom. The van der Waals surface area contributed by atoms with Crippen LogP contribution >= 0.6 is 0 Å². The van der Waals surface area contributed by atoms with E-state index >= 15 is 0 Å². The number of aryl methyl sites for hydroxylation is 2. The van der Waals surface area contributed by atoms with Crippen LogP contribution in [0.15, 0.2) is 47.4 Å². The number of rotatable bonds is 5. The predicted octanol–water partition coefficient (Wildman–Crippen LogP) is 3.14. The molecule has 2 heterocycles. The van der Waals surface area contributed by atoms with Gasteiger partial charge in [-0.15, -0.1) is 10.2 Å². The van der Waals surface area contributed by atoms with E-state index in [2.05, 4.69) is 24.8 Å². The molecule has 1 aliphatic rings. The maximum atomic E-state index is 12.9. The van der Waals surface area contributed by atoms with Crippen LogP contribution in [0.1, 0.15) is 41.0 Å². The zero-order valence-electron chi connectivity index (χ0n) is 17.6. The van der Waals surface area contributed by atoms with Crippen molar-refractivity contribution in [1.29, 1.82) is 0 Å². The summed E-state index contributed by atoms with van der Waals surface area (Å²) in [5, 5.41) is 11.6. The van der Waals surface area contributed by atoms with E-state index in [4.69, 9.17) is 0 Å². The summed E-state index contributed by atoms with van der Waals surface area (Å²) in [6.45, 7) is 2.66. The third kappa shape index (κ3) is 4.38. The number of benzene rings is 2. The Balaban J connectivity index is 1.61. The fourth-order valence-electron chi connectivity index (χ4n) is 3.76. The Hall–Kier alpha value is -3.04. The van der Waals surface area contributed by atoms with Crippen molar-refractivity contribution < 1.29 is 13.2 Å². The second-order valence-corrected chi connectivity index (χ2v) is 9.51. The van der Waals surface area contributed by atoms with Crippen LogP contribution in [0.3, 0.4) is 0 Å². The molecule has 31 heavy (non-hydrogen) atoms. The van der Waals surface area contributed by atoms with Crippen molar-refractivity contribution in [2.75, 3.05) is 12.4 Å². The van der Waals surface area contributed by atoms with Gasteiger partial charge in [-0.2, -0.15) is 0 Å². The maximum absolute atomic E-state index is 12.9. The van der Waals surface area contributed by atoms with E-state index in [9.17, 15) is 13.2 Å². The number of carbonyl (C=O) groups excluding carboxylic acids is 1. The van der Waals surface area contributed by atoms with Crippen LogP contribution in [0, 0.1) is 6.92 Å². The van der Waals surface area contributed by atoms with E-state index in [0.717, 1.165) is 43.0 Å². The standard InChI is InChI=1S/C22H25N5O3S/c1-15-10-11-18(31(29,30)23-2)14-19(15)22(28)24-17-8-6-7-16(13-17)21-26-25-20-9-4-3-5-12-27(20)21/h6-8,10-11,13-14,23H,3-5,9,12H2,1-2H3,(H,24,28). The van der Waals surface area contributed by atoms with E-state index in [1.54, 1.807) is 19.1 Å². The number of carbonyl (C=O) groups is 1. The zero-order chi connectivity index (χ0) is 22.0. The molecule has 0 fully saturated rings. The summed E-state index contributed by atoms with van der Waals surface area (Å²) in [5.41, 5.74) is 2.47. The van der Waals surface area contributed by atoms with Crippen LogP contribution in [0.4, 0.5) is 5.69 Å². The van der Waals surface area contributed by atoms with Gasteiger partial charge in [0.2, 0.25) is 10.0 Å². The van der Waals surface area contributed by atoms with Crippen molar-refractivity contribution in [2.45, 2.75) is 44.0 Å². The molecule has 0 radical (unpaired) electrons. The van der Waals surface area contributed by atoms with Crippen LogP contribution in [0.5, 0.6) is 0 Å². The van der Waals surface area contributed by atoms with E-state index in [0.29, 0.717) is 16.8 Å². The molecule has 2 aromatic carbocycles. The third-order valence-electron chi connectivity index (χ3n) is 5.52. The minimum atomic E-state index is -3.64. The highest BCUT2D eigenvalue weighted by Crippen LogP contribution is 2.25. The number of aromatic nitrogens is 3. The molecular weight excluding hydrogens is 414 g/mol. The highest BCUT2D eigenvalue weighted by molar-refractivity contribution is 7.89. The molecule has 0 aliphatic carbocycles. The normalized spacial score (nSPS) is 14.0. The van der Waals surface area contributed by atoms with Crippen LogP contribution in [-0.4, -0.2) is 36.1 Å². The number of sulfonamides is 1. The summed E-state index contributed by atoms with van der Waals surface area (Å²) in [6.07, 6.45) is 4.32. The first-order valence-electron chi connectivity index (χ1n) is 10.3. The molecule has 0 saturated carbocycles. The van der Waals surface area contributed by atoms with Gasteiger partial charge in [0.25, 0.3) is 5.91 Å². The van der Waals surface area contributed by atoms with E-state index in [1.165, 1.54) is 25.6 Å². The minimum Gasteiger partial charge on any atom is -0.322 e. The van der Waals surface area contributed by atoms with Gasteiger partial charge >= 0.3 is 0 Å². The second-order valence-electron chi connectivity index (χ2n) is 7.62. The Morgan fingerprint density at radius 3 is 2.71 bits per heavy atom. The largest absolute Gasteiger partial charge is 0.322 e. The maximum Gasteiger partial charge on any atom is 0.255 e. The van der Waals surface area contributed by atoms with E-state index in [-0.39, 0.29) is 10.8 Å². The summed E-state index contributed by atoms with van der Waals surface area (Å²) >= 11 is 0. The Labute approximate surface area is 181 Å². The molecule has 0 atom stereocenters. The smallest absolute Gasteiger partial charge is 0.255 e. The molecular formula is C22H25N5O3S. The lowest BCUT2D eigenvalue weighted by atomic mass is 10.1. The van der Waals surface area contributed by atoms with Crippen molar-refractivity contribution in [3.63, 3.8) is 0 Å². The van der Waals surface area contributed by atoms with Crippen LogP contribution < -0.4 is 10.0 Å². The highest BCUT2D eigenvalue weighted by Gasteiger charge is 2.18. The van der Waals surface area contributed by atoms with Gasteiger partial charge in [0.05, 0.1) is 4.90 Å². The van der Waals surface area contributed by atoms with E-state index < -0.39 is 10.0 Å². The molecule has 4 rings (SSSR count). The zero-order valence-corrected chi connectivity index (χ0v) is 18.4. The van der Waals surface area contributed by atoms with Gasteiger partial charge in [-0.3, -0.25) is 4.79 Å². The first-order chi connectivity index (χ1) is 14.9. The summed E-state index contributed by atoms with van der Waals surface area (Å²) in [7, 11) is -2.30. The Kier molecular flexibility index (Phi) is 5.88. The average Bonchev–Trinajstić information content (AvgIpc) is 3.02. The highest BCUT2D eigenvalue weighted by atomic mass is 32.2. The average molecular weight is 440 g/mol. The number of hydrogen-bond acceptors (Lipinski definition) is 5. The molecule has 0 saturated heterocycles. The van der Waals surface area contributed by atoms with Gasteiger partial charge in [-0.25, -0.2) is 13.1 Å². The van der Waals surface area contributed by atoms with E-state index in [1.807, 2.05) is 18.2 Å². The molecule has 1 aliphatic heterocycles. The van der Waals surface area contributed by atoms with Crippen LogP contribution in [-0.2, 0) is 23.0 Å². The molecule has 1 aromatic heterocycles. The number of nitrogens with one attached hydrogen (secondary N) is 2. The van der Waals surface area contributed by atoms with Crippen molar-refractivity contribution in [1.82, 2.24) is 19.5 Å². The van der Waals surface area contributed by atoms with Gasteiger partial charge < -0.3 is 9.88 Å². The molecule has 162 valence electrons. The van der Waals surface area contributed by atoms with Crippen molar-refractivity contribution in [3.05, 3.63) is 59.4 Å². The Morgan fingerprint density at radius 2 is 1.90 bits per heavy atom. The van der Waals surface area contributed by atoms with Gasteiger partial charge in [0.1, 0.15) is 5.82 Å². The summed E-state index contributed by atoms with van der Waals surface area (Å²) < 4.78 is 28.6. The number of anilines is 1. The predicted molar refractivity (Wildman–Crippen MR) is 118 cm³/mol. The fourth-order valence-corrected chi connectivity index (χ4v) is 4.52. The van der Waals surface area contributed by atoms with Crippen molar-refractivity contribution in [2.24, 2.45) is 0 Å². The van der Waals surface area contributed by atoms with Crippen LogP contribution in [0.25, 0.3) is 11.4 Å². The molecule has 1 amide bonds. The summed E-state index contributed by atoms with van der Waals surface area (Å²) in [6, 6.07) is 12.0. The second kappa shape index (κ2) is 8.60. The topological polar surface area (TPSA) is 106 Å². The Bertz CT molecular complexity index is 1230. The number of amides is 1. The quantitative estimate of drug-likeness (QED) is 0.635. The van der Waals surface area contributed by atoms with Gasteiger partial charge in [-0.1, -0.05) is 24.6 Å². The molecule has 0 bridgehead atoms. The molecule has 2 N–H and O–H groups in total. The SMILES string of the molecule is CNS(=O)(=O)c1ccc(C)c(C(=O)Nc2cccc(-c3nnc4n3CCCCC4)c2)c1. The first kappa shape index (κ1) is 21.2. The van der Waals surface area contributed by atoms with Gasteiger partial charge in [0, 0.05) is 29.8 Å². The summed E-state index contributed by atoms with van der Waals surface area (Å²) in [5.74, 6) is 1.43. The van der Waals surface area contributed by atoms with Crippen molar-refractivity contribution >= 4 is 21.6 Å². The molecule has 9 heteroatoms. The lowest BCUT2D eigenvalue weighted by molar-refractivity contribution is 0.102. The molecule has 0 spiro atoms. The minimum absolute atomic E-state index is 0.0469. The van der Waals surface area contributed by atoms with Crippen LogP contribution in [0.2, 0.25) is 0 Å². The lowest BCUT2D eigenvalue weighted by Crippen LogP contribution is -2.20. The number of fused-ring (bicyclic) bond motifs is 1. The third-order valence-corrected chi connectivity index (χ3v) is 6.93. The fraction of sp³-hybridized carbons (Fsp3) is 0.318. The van der Waals surface area contributed by atoms with Gasteiger partial charge in [-0.05, 0) is 56.6 Å². The molecule has 3 aromatic rings. The first-order valence-corrected chi connectivity index (χ1v) is 11.8. The monoisotopic (exact) mass is 439 g/mol. The number of nitrogens with zero attached hydrogens (tertiary/aromatic N) is 3. The number of hydrogen-bond donors (Lipinski definition) is 2. The van der Waals surface area contributed by atoms with Crippen molar-refractivity contribution in [3.8, 4) is 11.4 Å². The molecule has 0 unspecified atom stereocenters.